The first-order valence-corrected chi connectivity index (χ1v) is 8.15. The molecule has 0 aliphatic heterocycles. The summed E-state index contributed by atoms with van der Waals surface area (Å²) >= 11 is 0. The molecule has 2 amide bonds. The van der Waals surface area contributed by atoms with Crippen LogP contribution in [-0.2, 0) is 25.7 Å². The van der Waals surface area contributed by atoms with Crippen LogP contribution >= 0.6 is 0 Å². The number of carbonyl (C=O) groups is 3. The predicted octanol–water partition coefficient (Wildman–Crippen LogP) is 2.01. The van der Waals surface area contributed by atoms with Gasteiger partial charge in [0.05, 0.1) is 13.2 Å². The minimum absolute atomic E-state index is 0.115. The van der Waals surface area contributed by atoms with Crippen molar-refractivity contribution in [1.29, 1.82) is 0 Å². The van der Waals surface area contributed by atoms with Crippen molar-refractivity contribution in [3.8, 4) is 0 Å². The fraction of sp³-hybridized carbons (Fsp3) is 0.500. The Morgan fingerprint density at radius 3 is 2.24 bits per heavy atom. The van der Waals surface area contributed by atoms with Crippen molar-refractivity contribution < 1.29 is 23.9 Å². The lowest BCUT2D eigenvalue weighted by molar-refractivity contribution is -0.145. The Labute approximate surface area is 148 Å². The van der Waals surface area contributed by atoms with Crippen LogP contribution in [0, 0.1) is 5.92 Å². The number of nitrogens with one attached hydrogen (secondary N) is 2. The van der Waals surface area contributed by atoms with E-state index in [1.807, 2.05) is 44.2 Å². The third-order valence-electron chi connectivity index (χ3n) is 3.46. The Morgan fingerprint density at radius 2 is 1.72 bits per heavy atom. The van der Waals surface area contributed by atoms with Crippen molar-refractivity contribution in [2.24, 2.45) is 5.92 Å². The molecule has 0 saturated carbocycles. The van der Waals surface area contributed by atoms with Crippen LogP contribution in [-0.4, -0.2) is 37.2 Å². The highest BCUT2D eigenvalue weighted by Gasteiger charge is 2.32. The highest BCUT2D eigenvalue weighted by molar-refractivity contribution is 5.84. The lowest BCUT2D eigenvalue weighted by atomic mass is 9.97. The summed E-state index contributed by atoms with van der Waals surface area (Å²) in [5.74, 6) is -0.826. The van der Waals surface area contributed by atoms with E-state index in [2.05, 4.69) is 10.6 Å². The second-order valence-corrected chi connectivity index (χ2v) is 6.14. The number of rotatable bonds is 8. The number of ether oxygens (including phenoxy) is 2. The second-order valence-electron chi connectivity index (χ2n) is 6.14. The van der Waals surface area contributed by atoms with Crippen LogP contribution in [0.1, 0.15) is 32.8 Å². The molecule has 1 rings (SSSR count). The summed E-state index contributed by atoms with van der Waals surface area (Å²) in [5.41, 5.74) is 0.851. The Kier molecular flexibility index (Phi) is 8.46. The average Bonchev–Trinajstić information content (AvgIpc) is 2.57. The molecule has 138 valence electrons. The van der Waals surface area contributed by atoms with E-state index in [4.69, 9.17) is 9.47 Å². The van der Waals surface area contributed by atoms with Crippen LogP contribution in [0.3, 0.4) is 0 Å². The lowest BCUT2D eigenvalue weighted by Crippen LogP contribution is -2.56. The molecule has 0 unspecified atom stereocenters. The molecule has 0 heterocycles. The Morgan fingerprint density at radius 1 is 1.08 bits per heavy atom. The highest BCUT2D eigenvalue weighted by Crippen LogP contribution is 2.11. The van der Waals surface area contributed by atoms with Crippen molar-refractivity contribution in [2.45, 2.75) is 45.9 Å². The van der Waals surface area contributed by atoms with Gasteiger partial charge in [-0.25, -0.2) is 9.59 Å². The van der Waals surface area contributed by atoms with Gasteiger partial charge in [-0.15, -0.1) is 0 Å². The predicted molar refractivity (Wildman–Crippen MR) is 92.6 cm³/mol. The van der Waals surface area contributed by atoms with E-state index < -0.39 is 24.1 Å². The van der Waals surface area contributed by atoms with Gasteiger partial charge in [0.25, 0.3) is 0 Å². The molecule has 7 heteroatoms. The Balaban J connectivity index is 2.76. The molecule has 0 spiro atoms. The molecule has 2 atom stereocenters. The van der Waals surface area contributed by atoms with Gasteiger partial charge in [0, 0.05) is 6.92 Å². The maximum atomic E-state index is 12.1. The van der Waals surface area contributed by atoms with E-state index in [-0.39, 0.29) is 18.4 Å². The largest absolute Gasteiger partial charge is 0.467 e. The molecule has 7 nitrogen and oxygen atoms in total. The van der Waals surface area contributed by atoms with Crippen LogP contribution < -0.4 is 10.6 Å². The molecule has 1 aromatic rings. The van der Waals surface area contributed by atoms with Crippen molar-refractivity contribution in [3.05, 3.63) is 35.9 Å². The number of carbonyl (C=O) groups excluding carboxylic acids is 3. The quantitative estimate of drug-likeness (QED) is 0.700. The van der Waals surface area contributed by atoms with Crippen LogP contribution in [0.5, 0.6) is 0 Å². The molecule has 0 aromatic heterocycles. The fourth-order valence-corrected chi connectivity index (χ4v) is 2.37. The van der Waals surface area contributed by atoms with E-state index in [0.29, 0.717) is 6.42 Å². The first kappa shape index (κ1) is 20.5. The van der Waals surface area contributed by atoms with Gasteiger partial charge in [-0.2, -0.15) is 0 Å². The SMILES string of the molecule is COC(=O)[C@@H](NC(C)=O)[C@@H](CC(C)C)NC(=O)OCc1ccccc1. The summed E-state index contributed by atoms with van der Waals surface area (Å²) in [5, 5.41) is 5.19. The monoisotopic (exact) mass is 350 g/mol. The first-order valence-electron chi connectivity index (χ1n) is 8.15. The van der Waals surface area contributed by atoms with E-state index >= 15 is 0 Å². The van der Waals surface area contributed by atoms with Crippen molar-refractivity contribution in [3.63, 3.8) is 0 Å². The van der Waals surface area contributed by atoms with Crippen molar-refractivity contribution in [2.75, 3.05) is 7.11 Å². The topological polar surface area (TPSA) is 93.7 Å². The minimum Gasteiger partial charge on any atom is -0.467 e. The fourth-order valence-electron chi connectivity index (χ4n) is 2.37. The summed E-state index contributed by atoms with van der Waals surface area (Å²) in [7, 11) is 1.23. The Bertz CT molecular complexity index is 574. The van der Waals surface area contributed by atoms with Gasteiger partial charge in [-0.05, 0) is 17.9 Å². The van der Waals surface area contributed by atoms with E-state index in [9.17, 15) is 14.4 Å². The van der Waals surface area contributed by atoms with Crippen LogP contribution in [0.2, 0.25) is 0 Å². The number of methoxy groups -OCH3 is 1. The zero-order chi connectivity index (χ0) is 18.8. The summed E-state index contributed by atoms with van der Waals surface area (Å²) in [6, 6.07) is 7.64. The number of hydrogen-bond donors (Lipinski definition) is 2. The standard InChI is InChI=1S/C18H26N2O5/c1-12(2)10-15(16(17(22)24-4)19-13(3)21)20-18(23)25-11-14-8-6-5-7-9-14/h5-9,12,15-16H,10-11H2,1-4H3,(H,19,21)(H,20,23)/t15-,16+/m1/s1. The second kappa shape index (κ2) is 10.3. The van der Waals surface area contributed by atoms with Crippen LogP contribution in [0.15, 0.2) is 30.3 Å². The molecular weight excluding hydrogens is 324 g/mol. The molecule has 0 fully saturated rings. The van der Waals surface area contributed by atoms with Gasteiger partial charge >= 0.3 is 12.1 Å². The maximum Gasteiger partial charge on any atom is 0.407 e. The third-order valence-corrected chi connectivity index (χ3v) is 3.46. The first-order chi connectivity index (χ1) is 11.8. The summed E-state index contributed by atoms with van der Waals surface area (Å²) in [4.78, 5) is 35.5. The molecule has 1 aromatic carbocycles. The summed E-state index contributed by atoms with van der Waals surface area (Å²) < 4.78 is 9.93. The van der Waals surface area contributed by atoms with Crippen molar-refractivity contribution >= 4 is 18.0 Å². The Hall–Kier alpha value is -2.57. The molecule has 0 bridgehead atoms. The molecular formula is C18H26N2O5. The molecule has 25 heavy (non-hydrogen) atoms. The van der Waals surface area contributed by atoms with E-state index in [1.54, 1.807) is 0 Å². The van der Waals surface area contributed by atoms with Gasteiger partial charge in [0.1, 0.15) is 12.6 Å². The highest BCUT2D eigenvalue weighted by atomic mass is 16.5. The lowest BCUT2D eigenvalue weighted by Gasteiger charge is -2.27. The van der Waals surface area contributed by atoms with E-state index in [0.717, 1.165) is 5.56 Å². The zero-order valence-corrected chi connectivity index (χ0v) is 15.1. The average molecular weight is 350 g/mol. The third kappa shape index (κ3) is 7.69. The minimum atomic E-state index is -0.978. The van der Waals surface area contributed by atoms with Gasteiger partial charge in [-0.1, -0.05) is 44.2 Å². The van der Waals surface area contributed by atoms with Crippen LogP contribution in [0.4, 0.5) is 4.79 Å². The molecule has 0 aliphatic carbocycles. The normalized spacial score (nSPS) is 12.8. The van der Waals surface area contributed by atoms with Crippen molar-refractivity contribution in [1.82, 2.24) is 10.6 Å². The van der Waals surface area contributed by atoms with E-state index in [1.165, 1.54) is 14.0 Å². The van der Waals surface area contributed by atoms with Gasteiger partial charge in [0.15, 0.2) is 0 Å². The summed E-state index contributed by atoms with van der Waals surface area (Å²) in [6.45, 7) is 5.32. The number of benzene rings is 1. The molecule has 0 aliphatic rings. The number of hydrogen-bond acceptors (Lipinski definition) is 5. The van der Waals surface area contributed by atoms with Gasteiger partial charge < -0.3 is 20.1 Å². The van der Waals surface area contributed by atoms with Gasteiger partial charge in [0.2, 0.25) is 5.91 Å². The number of alkyl carbamates (subject to hydrolysis) is 1. The number of amides is 2. The smallest absolute Gasteiger partial charge is 0.407 e. The summed E-state index contributed by atoms with van der Waals surface area (Å²) in [6.07, 6.45) is -0.186. The zero-order valence-electron chi connectivity index (χ0n) is 15.1. The van der Waals surface area contributed by atoms with Crippen LogP contribution in [0.25, 0.3) is 0 Å². The maximum absolute atomic E-state index is 12.1. The molecule has 2 N–H and O–H groups in total. The van der Waals surface area contributed by atoms with Gasteiger partial charge in [-0.3, -0.25) is 4.79 Å². The molecule has 0 saturated heterocycles. The molecule has 0 radical (unpaired) electrons. The number of esters is 1.